The maximum absolute atomic E-state index is 11.8. The minimum Gasteiger partial charge on any atom is -0.677 e. The Hall–Kier alpha value is 0.719. The standard InChI is InChI=1S/C9H22N2O3P.C2H6.Ir/c1-9(2)11-15(12,13-3)14-8-6-4-5-7-10;1-2;/h9-10H,4-8H2,1-3H3,(H,11,12);1-2H3;/q-1;;. The van der Waals surface area contributed by atoms with E-state index < -0.39 is 7.75 Å². The van der Waals surface area contributed by atoms with E-state index in [0.717, 1.165) is 19.3 Å². The summed E-state index contributed by atoms with van der Waals surface area (Å²) in [7, 11) is -1.73. The smallest absolute Gasteiger partial charge is 0.405 e. The van der Waals surface area contributed by atoms with Gasteiger partial charge in [-0.05, 0) is 20.3 Å². The first-order chi connectivity index (χ1) is 8.04. The molecule has 0 aliphatic heterocycles. The number of hydrogen-bond acceptors (Lipinski definition) is 3. The van der Waals surface area contributed by atoms with E-state index >= 15 is 0 Å². The van der Waals surface area contributed by atoms with Crippen LogP contribution in [0, 0.1) is 0 Å². The monoisotopic (exact) mass is 460 g/mol. The molecule has 0 amide bonds. The van der Waals surface area contributed by atoms with Crippen LogP contribution in [0.25, 0.3) is 5.73 Å². The molecule has 1 radical (unpaired) electrons. The van der Waals surface area contributed by atoms with Crippen molar-refractivity contribution in [3.63, 3.8) is 0 Å². The van der Waals surface area contributed by atoms with Gasteiger partial charge in [-0.15, -0.1) is 0 Å². The number of unbranched alkanes of at least 4 members (excludes halogenated alkanes) is 2. The van der Waals surface area contributed by atoms with Gasteiger partial charge in [0.25, 0.3) is 0 Å². The van der Waals surface area contributed by atoms with Crippen molar-refractivity contribution in [2.75, 3.05) is 20.3 Å². The van der Waals surface area contributed by atoms with Crippen molar-refractivity contribution in [3.05, 3.63) is 5.73 Å². The van der Waals surface area contributed by atoms with Crippen LogP contribution >= 0.6 is 7.75 Å². The number of nitrogens with one attached hydrogen (secondary N) is 2. The van der Waals surface area contributed by atoms with Crippen LogP contribution in [0.4, 0.5) is 0 Å². The molecule has 5 nitrogen and oxygen atoms in total. The van der Waals surface area contributed by atoms with E-state index in [1.807, 2.05) is 27.7 Å². The largest absolute Gasteiger partial charge is 0.677 e. The summed E-state index contributed by atoms with van der Waals surface area (Å²) in [5.41, 5.74) is 6.96. The summed E-state index contributed by atoms with van der Waals surface area (Å²) >= 11 is 0. The fourth-order valence-electron chi connectivity index (χ4n) is 1.05. The summed E-state index contributed by atoms with van der Waals surface area (Å²) in [6, 6.07) is 0.0593. The maximum Gasteiger partial charge on any atom is 0.405 e. The summed E-state index contributed by atoms with van der Waals surface area (Å²) in [4.78, 5) is 0. The molecule has 115 valence electrons. The van der Waals surface area contributed by atoms with Crippen LogP contribution in [0.15, 0.2) is 0 Å². The van der Waals surface area contributed by atoms with Crippen LogP contribution in [0.3, 0.4) is 0 Å². The van der Waals surface area contributed by atoms with Crippen molar-refractivity contribution in [3.8, 4) is 0 Å². The van der Waals surface area contributed by atoms with E-state index in [-0.39, 0.29) is 26.1 Å². The van der Waals surface area contributed by atoms with Gasteiger partial charge < -0.3 is 10.3 Å². The first kappa shape index (κ1) is 23.8. The van der Waals surface area contributed by atoms with E-state index in [1.54, 1.807) is 0 Å². The van der Waals surface area contributed by atoms with Gasteiger partial charge in [-0.25, -0.2) is 9.65 Å². The molecular weight excluding hydrogens is 431 g/mol. The Morgan fingerprint density at radius 1 is 1.22 bits per heavy atom. The molecule has 0 spiro atoms. The molecule has 0 saturated heterocycles. The van der Waals surface area contributed by atoms with Crippen molar-refractivity contribution in [1.29, 1.82) is 0 Å². The van der Waals surface area contributed by atoms with Crippen LogP contribution in [-0.4, -0.2) is 26.3 Å². The van der Waals surface area contributed by atoms with Gasteiger partial charge in [0, 0.05) is 33.3 Å². The molecule has 0 aromatic rings. The topological polar surface area (TPSA) is 71.4 Å². The molecule has 0 aromatic heterocycles. The van der Waals surface area contributed by atoms with Crippen LogP contribution < -0.4 is 5.09 Å². The van der Waals surface area contributed by atoms with Crippen molar-refractivity contribution in [2.45, 2.75) is 53.0 Å². The van der Waals surface area contributed by atoms with Crippen molar-refractivity contribution < 1.29 is 33.7 Å². The van der Waals surface area contributed by atoms with Gasteiger partial charge in [-0.1, -0.05) is 26.7 Å². The zero-order valence-corrected chi connectivity index (χ0v) is 15.4. The average Bonchev–Trinajstić information content (AvgIpc) is 2.30. The summed E-state index contributed by atoms with van der Waals surface area (Å²) in [5.74, 6) is 0. The summed E-state index contributed by atoms with van der Waals surface area (Å²) in [6.07, 6.45) is 2.60. The molecule has 0 fully saturated rings. The van der Waals surface area contributed by atoms with Crippen LogP contribution in [0.2, 0.25) is 0 Å². The molecule has 0 aliphatic rings. The number of hydrogen-bond donors (Lipinski definition) is 1. The predicted molar refractivity (Wildman–Crippen MR) is 73.2 cm³/mol. The number of rotatable bonds is 9. The molecule has 1 atom stereocenters. The zero-order valence-electron chi connectivity index (χ0n) is 12.1. The Morgan fingerprint density at radius 3 is 2.17 bits per heavy atom. The minimum atomic E-state index is -3.10. The van der Waals surface area contributed by atoms with Crippen molar-refractivity contribution in [1.82, 2.24) is 5.09 Å². The summed E-state index contributed by atoms with van der Waals surface area (Å²) in [5, 5.41) is 2.77. The SMILES string of the molecule is CC.COP(=O)(NC(C)C)OCCCCC[NH-].[Ir]. The Kier molecular flexibility index (Phi) is 20.8. The van der Waals surface area contributed by atoms with Crippen LogP contribution in [0.1, 0.15) is 47.0 Å². The van der Waals surface area contributed by atoms with Gasteiger partial charge in [0.15, 0.2) is 0 Å². The second-order valence-corrected chi connectivity index (χ2v) is 5.48. The predicted octanol–water partition coefficient (Wildman–Crippen LogP) is 4.00. The normalized spacial score (nSPS) is 13.3. The van der Waals surface area contributed by atoms with Gasteiger partial charge in [-0.2, -0.15) is 6.54 Å². The van der Waals surface area contributed by atoms with E-state index in [2.05, 4.69) is 5.09 Å². The Balaban J connectivity index is -0.000000709. The van der Waals surface area contributed by atoms with Crippen LogP contribution in [0.5, 0.6) is 0 Å². The van der Waals surface area contributed by atoms with E-state index in [0.29, 0.717) is 13.2 Å². The quantitative estimate of drug-likeness (QED) is 0.418. The molecule has 1 unspecified atom stereocenters. The summed E-state index contributed by atoms with van der Waals surface area (Å²) in [6.45, 7) is 8.61. The molecule has 0 bridgehead atoms. The molecule has 7 heteroatoms. The molecule has 18 heavy (non-hydrogen) atoms. The van der Waals surface area contributed by atoms with Crippen molar-refractivity contribution in [2.24, 2.45) is 0 Å². The van der Waals surface area contributed by atoms with Gasteiger partial charge in [0.1, 0.15) is 0 Å². The molecule has 0 heterocycles. The Morgan fingerprint density at radius 2 is 1.78 bits per heavy atom. The fraction of sp³-hybridized carbons (Fsp3) is 1.00. The first-order valence-corrected chi connectivity index (χ1v) is 7.81. The second kappa shape index (κ2) is 15.8. The third kappa shape index (κ3) is 14.8. The van der Waals surface area contributed by atoms with Gasteiger partial charge >= 0.3 is 7.75 Å². The summed E-state index contributed by atoms with van der Waals surface area (Å²) < 4.78 is 21.9. The molecule has 0 aromatic carbocycles. The average molecular weight is 460 g/mol. The third-order valence-corrected chi connectivity index (χ3v) is 3.57. The molecular formula is C11H28IrN2O3P-. The van der Waals surface area contributed by atoms with Gasteiger partial charge in [0.2, 0.25) is 0 Å². The van der Waals surface area contributed by atoms with Crippen molar-refractivity contribution >= 4 is 7.75 Å². The second-order valence-electron chi connectivity index (χ2n) is 3.61. The first-order valence-electron chi connectivity index (χ1n) is 6.27. The van der Waals surface area contributed by atoms with E-state index in [9.17, 15) is 4.57 Å². The fourth-order valence-corrected chi connectivity index (χ4v) is 2.33. The van der Waals surface area contributed by atoms with Gasteiger partial charge in [-0.3, -0.25) is 4.52 Å². The maximum atomic E-state index is 11.8. The Bertz CT molecular complexity index is 207. The molecule has 2 N–H and O–H groups in total. The third-order valence-electron chi connectivity index (χ3n) is 1.74. The van der Waals surface area contributed by atoms with Crippen LogP contribution in [-0.2, 0) is 33.7 Å². The van der Waals surface area contributed by atoms with Gasteiger partial charge in [0.05, 0.1) is 6.61 Å². The van der Waals surface area contributed by atoms with E-state index in [4.69, 9.17) is 14.8 Å². The molecule has 0 aliphatic carbocycles. The molecule has 0 rings (SSSR count). The minimum absolute atomic E-state index is 0. The molecule has 0 saturated carbocycles. The Labute approximate surface area is 126 Å². The van der Waals surface area contributed by atoms with E-state index in [1.165, 1.54) is 7.11 Å². The zero-order chi connectivity index (χ0) is 13.7.